The van der Waals surface area contributed by atoms with Gasteiger partial charge in [-0.2, -0.15) is 30.7 Å². The van der Waals surface area contributed by atoms with Crippen molar-refractivity contribution >= 4 is 64.7 Å². The summed E-state index contributed by atoms with van der Waals surface area (Å²) in [5.41, 5.74) is -1.51. The van der Waals surface area contributed by atoms with E-state index in [1.54, 1.807) is 200 Å². The molecule has 0 aliphatic heterocycles. The minimum Gasteiger partial charge on any atom is -0.493 e. The summed E-state index contributed by atoms with van der Waals surface area (Å²) in [5.74, 6) is 1.49. The summed E-state index contributed by atoms with van der Waals surface area (Å²) >= 11 is 0. The summed E-state index contributed by atoms with van der Waals surface area (Å²) in [4.78, 5) is 50.9. The smallest absolute Gasteiger partial charge is 0.269 e. The molecule has 7 aromatic carbocycles. The van der Waals surface area contributed by atoms with Gasteiger partial charge in [-0.15, -0.1) is 0 Å². The Morgan fingerprint density at radius 3 is 0.752 bits per heavy atom. The van der Waals surface area contributed by atoms with Crippen molar-refractivity contribution in [3.8, 4) is 70.3 Å². The summed E-state index contributed by atoms with van der Waals surface area (Å²) in [6, 6.07) is 74.6. The van der Waals surface area contributed by atoms with Gasteiger partial charge in [0.2, 0.25) is 47.2 Å². The highest BCUT2D eigenvalue weighted by Gasteiger charge is 2.28. The average Bonchev–Trinajstić information content (AvgIpc) is 0.783. The molecular formula is C78H57N9O15S3. The number of para-hydroxylation sites is 6. The van der Waals surface area contributed by atoms with Crippen molar-refractivity contribution in [2.24, 2.45) is 0 Å². The molecule has 24 nitrogen and oxygen atoms in total. The zero-order valence-electron chi connectivity index (χ0n) is 55.6. The Labute approximate surface area is 601 Å². The van der Waals surface area contributed by atoms with Crippen LogP contribution in [0.15, 0.2) is 317 Å². The molecule has 0 spiro atoms. The van der Waals surface area contributed by atoms with E-state index in [1.807, 2.05) is 36.4 Å². The van der Waals surface area contributed by atoms with Crippen LogP contribution in [0.4, 0.5) is 0 Å². The molecule has 0 amide bonds. The van der Waals surface area contributed by atoms with Crippen LogP contribution in [-0.4, -0.2) is 74.7 Å². The van der Waals surface area contributed by atoms with Crippen LogP contribution in [0.2, 0.25) is 0 Å². The predicted molar refractivity (Wildman–Crippen MR) is 392 cm³/mol. The number of hydrogen-bond donors (Lipinski definition) is 0. The van der Waals surface area contributed by atoms with Crippen LogP contribution in [0.1, 0.15) is 16.7 Å². The van der Waals surface area contributed by atoms with Gasteiger partial charge in [-0.25, -0.2) is 25.3 Å². The van der Waals surface area contributed by atoms with E-state index in [4.69, 9.17) is 28.4 Å². The van der Waals surface area contributed by atoms with Crippen LogP contribution in [0, 0.1) is 34.0 Å². The Balaban J connectivity index is 0.000000162. The molecule has 0 atom stereocenters. The van der Waals surface area contributed by atoms with Gasteiger partial charge in [0.25, 0.3) is 16.7 Å². The van der Waals surface area contributed by atoms with E-state index in [9.17, 15) is 55.4 Å². The zero-order valence-corrected chi connectivity index (χ0v) is 58.0. The van der Waals surface area contributed by atoms with Crippen molar-refractivity contribution in [1.29, 1.82) is 15.8 Å². The third-order valence-corrected chi connectivity index (χ3v) is 19.9. The number of fused-ring (bicyclic) bond motifs is 3. The fourth-order valence-corrected chi connectivity index (χ4v) is 13.2. The molecule has 0 fully saturated rings. The van der Waals surface area contributed by atoms with Gasteiger partial charge in [-0.05, 0) is 127 Å². The van der Waals surface area contributed by atoms with E-state index in [0.29, 0.717) is 17.2 Å². The summed E-state index contributed by atoms with van der Waals surface area (Å²) in [6.45, 7) is 0. The standard InChI is InChI=1S/3C24H17N3O5S.C6H6/c3*1-31-20-11-5-6-12-21(20)32-23-19(24(28)27-14-8-7-13-22(27)26-23)15-18(16-25)33(29,30)17-9-3-2-4-10-17;1-2-4-6-5-3-1/h3*2-15H,1H3;1-6H/b3*18-15+;. The van der Waals surface area contributed by atoms with Crippen LogP contribution in [-0.2, 0) is 29.5 Å². The number of hydrogen-bond acceptors (Lipinski definition) is 21. The van der Waals surface area contributed by atoms with Gasteiger partial charge < -0.3 is 28.4 Å². The maximum atomic E-state index is 13.3. The average molecular weight is 1460 g/mol. The largest absolute Gasteiger partial charge is 0.493 e. The van der Waals surface area contributed by atoms with Crippen LogP contribution < -0.4 is 45.1 Å². The van der Waals surface area contributed by atoms with E-state index >= 15 is 0 Å². The number of nitrogens with zero attached hydrogens (tertiary/aromatic N) is 9. The van der Waals surface area contributed by atoms with Crippen molar-refractivity contribution in [2.45, 2.75) is 14.7 Å². The Morgan fingerprint density at radius 2 is 0.524 bits per heavy atom. The topological polar surface area (TPSA) is 332 Å². The Hall–Kier alpha value is -14.0. The van der Waals surface area contributed by atoms with E-state index in [1.165, 1.54) is 89.5 Å². The van der Waals surface area contributed by atoms with Crippen LogP contribution in [0.5, 0.6) is 52.1 Å². The van der Waals surface area contributed by atoms with Crippen molar-refractivity contribution in [1.82, 2.24) is 28.2 Å². The van der Waals surface area contributed by atoms with Gasteiger partial charge in [-0.1, -0.05) is 146 Å². The minimum absolute atomic E-state index is 0.0705. The summed E-state index contributed by atoms with van der Waals surface area (Å²) in [6.07, 6.45) is 7.44. The second kappa shape index (κ2) is 33.9. The first-order valence-electron chi connectivity index (χ1n) is 31.1. The molecule has 13 aromatic rings. The fraction of sp³-hybridized carbons (Fsp3) is 0.0385. The molecule has 105 heavy (non-hydrogen) atoms. The van der Waals surface area contributed by atoms with Crippen molar-refractivity contribution in [2.75, 3.05) is 21.3 Å². The first kappa shape index (κ1) is 73.7. The molecule has 27 heteroatoms. The third-order valence-electron chi connectivity index (χ3n) is 14.9. The van der Waals surface area contributed by atoms with E-state index in [2.05, 4.69) is 15.0 Å². The molecule has 0 saturated carbocycles. The maximum Gasteiger partial charge on any atom is 0.269 e. The van der Waals surface area contributed by atoms with Gasteiger partial charge in [0.05, 0.1) is 36.0 Å². The van der Waals surface area contributed by atoms with Gasteiger partial charge in [-0.3, -0.25) is 27.6 Å². The minimum atomic E-state index is -4.18. The summed E-state index contributed by atoms with van der Waals surface area (Å²) in [5, 5.41) is 29.0. The lowest BCUT2D eigenvalue weighted by Gasteiger charge is -2.12. The van der Waals surface area contributed by atoms with Gasteiger partial charge >= 0.3 is 0 Å². The molecule has 522 valence electrons. The molecule has 0 saturated heterocycles. The highest BCUT2D eigenvalue weighted by Crippen LogP contribution is 2.36. The van der Waals surface area contributed by atoms with Gasteiger partial charge in [0.15, 0.2) is 34.5 Å². The number of rotatable bonds is 18. The molecular weight excluding hydrogens is 1400 g/mol. The number of ether oxygens (including phenoxy) is 6. The number of benzene rings is 7. The van der Waals surface area contributed by atoms with E-state index in [0.717, 1.165) is 18.2 Å². The Morgan fingerprint density at radius 1 is 0.314 bits per heavy atom. The van der Waals surface area contributed by atoms with Crippen molar-refractivity contribution in [3.63, 3.8) is 0 Å². The molecule has 6 aromatic heterocycles. The molecule has 0 aliphatic carbocycles. The number of sulfone groups is 3. The number of aromatic nitrogens is 6. The van der Waals surface area contributed by atoms with Crippen molar-refractivity contribution in [3.05, 3.63) is 336 Å². The highest BCUT2D eigenvalue weighted by molar-refractivity contribution is 7.96. The van der Waals surface area contributed by atoms with E-state index in [-0.39, 0.29) is 83.2 Å². The predicted octanol–water partition coefficient (Wildman–Crippen LogP) is 13.2. The number of nitriles is 3. The lowest BCUT2D eigenvalue weighted by Crippen LogP contribution is -2.19. The highest BCUT2D eigenvalue weighted by atomic mass is 32.2. The van der Waals surface area contributed by atoms with Crippen LogP contribution in [0.3, 0.4) is 0 Å². The quantitative estimate of drug-likeness (QED) is 0.0720. The Bertz CT molecular complexity index is 5540. The summed E-state index contributed by atoms with van der Waals surface area (Å²) < 4.78 is 115. The number of pyridine rings is 3. The fourth-order valence-electron chi connectivity index (χ4n) is 9.74. The molecule has 0 aliphatic rings. The molecule has 0 unspecified atom stereocenters. The summed E-state index contributed by atoms with van der Waals surface area (Å²) in [7, 11) is -8.14. The normalized spacial score (nSPS) is 11.5. The monoisotopic (exact) mass is 1460 g/mol. The number of methoxy groups -OCH3 is 3. The van der Waals surface area contributed by atoms with Gasteiger partial charge in [0.1, 0.15) is 66.6 Å². The SMILES string of the molecule is COc1ccccc1Oc1nc2ccccn2c(=O)c1/C=C(\C#N)S(=O)(=O)c1ccccc1.COc1ccccc1Oc1nc2ccccn2c(=O)c1/C=C(\C#N)S(=O)(=O)c1ccccc1.COc1ccccc1Oc1nc2ccccn2c(=O)c1/C=C(\C#N)S(=O)(=O)c1ccccc1.c1ccccc1. The van der Waals surface area contributed by atoms with Crippen LogP contribution >= 0.6 is 0 Å². The Kier molecular flexibility index (Phi) is 23.8. The first-order valence-corrected chi connectivity index (χ1v) is 35.5. The second-order valence-corrected chi connectivity index (χ2v) is 27.2. The van der Waals surface area contributed by atoms with Crippen molar-refractivity contribution < 1.29 is 53.7 Å². The van der Waals surface area contributed by atoms with Gasteiger partial charge in [0, 0.05) is 18.6 Å². The molecule has 6 heterocycles. The lowest BCUT2D eigenvalue weighted by atomic mass is 10.2. The number of allylic oxidation sites excluding steroid dienone is 3. The second-order valence-electron chi connectivity index (χ2n) is 21.4. The van der Waals surface area contributed by atoms with E-state index < -0.39 is 60.9 Å². The lowest BCUT2D eigenvalue weighted by molar-refractivity contribution is 0.374. The third kappa shape index (κ3) is 17.1. The first-order chi connectivity index (χ1) is 50.9. The molecule has 0 radical (unpaired) electrons. The zero-order chi connectivity index (χ0) is 74.5. The molecule has 0 bridgehead atoms. The maximum absolute atomic E-state index is 13.3. The van der Waals surface area contributed by atoms with Crippen LogP contribution in [0.25, 0.3) is 35.2 Å². The molecule has 0 N–H and O–H groups in total. The molecule has 13 rings (SSSR count).